The molecule has 1 atom stereocenters. The lowest BCUT2D eigenvalue weighted by Crippen LogP contribution is -2.48. The summed E-state index contributed by atoms with van der Waals surface area (Å²) in [7, 11) is 0. The smallest absolute Gasteiger partial charge is 0.233 e. The van der Waals surface area contributed by atoms with Crippen LogP contribution >= 0.6 is 11.8 Å². The molecule has 1 saturated heterocycles. The lowest BCUT2D eigenvalue weighted by Gasteiger charge is -2.37. The van der Waals surface area contributed by atoms with Crippen LogP contribution in [-0.4, -0.2) is 62.6 Å². The van der Waals surface area contributed by atoms with E-state index in [0.29, 0.717) is 0 Å². The van der Waals surface area contributed by atoms with Gasteiger partial charge in [0.15, 0.2) is 5.17 Å². The second-order valence-corrected chi connectivity index (χ2v) is 8.22. The van der Waals surface area contributed by atoms with Gasteiger partial charge in [-0.05, 0) is 20.8 Å². The fraction of sp³-hybridized carbons (Fsp3) is 0.800. The van der Waals surface area contributed by atoms with Gasteiger partial charge < -0.3 is 9.32 Å². The van der Waals surface area contributed by atoms with E-state index in [1.165, 1.54) is 5.17 Å². The first-order chi connectivity index (χ1) is 10.5. The average Bonchev–Trinajstić information content (AvgIpc) is 3.13. The van der Waals surface area contributed by atoms with Crippen molar-refractivity contribution in [2.45, 2.75) is 44.9 Å². The van der Waals surface area contributed by atoms with E-state index in [-0.39, 0.29) is 10.8 Å². The largest absolute Gasteiger partial charge is 0.424 e. The maximum absolute atomic E-state index is 5.70. The number of aromatic nitrogens is 2. The Balaban J connectivity index is 1.55. The second-order valence-electron chi connectivity index (χ2n) is 6.55. The van der Waals surface area contributed by atoms with Gasteiger partial charge in [-0.15, -0.1) is 10.2 Å². The van der Waals surface area contributed by atoms with Gasteiger partial charge in [-0.2, -0.15) is 0 Å². The van der Waals surface area contributed by atoms with Crippen LogP contribution in [0.15, 0.2) is 9.41 Å². The van der Waals surface area contributed by atoms with Crippen LogP contribution < -0.4 is 0 Å². The van der Waals surface area contributed by atoms with Gasteiger partial charge >= 0.3 is 0 Å². The molecule has 3 rings (SSSR count). The van der Waals surface area contributed by atoms with E-state index >= 15 is 0 Å². The van der Waals surface area contributed by atoms with Crippen LogP contribution in [0.4, 0.5) is 0 Å². The number of nitrogens with zero attached hydrogens (tertiary/aromatic N) is 5. The summed E-state index contributed by atoms with van der Waals surface area (Å²) in [4.78, 5) is 9.52. The molecule has 0 N–H and O–H groups in total. The third-order valence-electron chi connectivity index (χ3n) is 4.24. The van der Waals surface area contributed by atoms with Crippen molar-refractivity contribution in [3.05, 3.63) is 11.8 Å². The Hall–Kier alpha value is -1.08. The fourth-order valence-electron chi connectivity index (χ4n) is 2.77. The van der Waals surface area contributed by atoms with E-state index in [1.54, 1.807) is 0 Å². The van der Waals surface area contributed by atoms with Gasteiger partial charge in [0.25, 0.3) is 0 Å². The average molecular weight is 323 g/mol. The van der Waals surface area contributed by atoms with Gasteiger partial charge in [-0.3, -0.25) is 9.89 Å². The van der Waals surface area contributed by atoms with Crippen molar-refractivity contribution >= 4 is 16.9 Å². The zero-order chi connectivity index (χ0) is 15.7. The summed E-state index contributed by atoms with van der Waals surface area (Å²) in [5.41, 5.74) is 0. The zero-order valence-electron chi connectivity index (χ0n) is 13.9. The number of hydrogen-bond acceptors (Lipinski definition) is 7. The summed E-state index contributed by atoms with van der Waals surface area (Å²) >= 11 is 1.90. The monoisotopic (exact) mass is 323 g/mol. The van der Waals surface area contributed by atoms with Gasteiger partial charge in [-0.25, -0.2) is 0 Å². The second kappa shape index (κ2) is 6.20. The normalized spacial score (nSPS) is 23.6. The van der Waals surface area contributed by atoms with Crippen LogP contribution in [-0.2, 0) is 6.42 Å². The van der Waals surface area contributed by atoms with E-state index in [4.69, 9.17) is 9.41 Å². The predicted molar refractivity (Wildman–Crippen MR) is 89.2 cm³/mol. The molecule has 3 heterocycles. The van der Waals surface area contributed by atoms with Crippen molar-refractivity contribution in [3.8, 4) is 0 Å². The Morgan fingerprint density at radius 2 is 1.95 bits per heavy atom. The number of aryl methyl sites for hydroxylation is 1. The highest BCUT2D eigenvalue weighted by Crippen LogP contribution is 2.34. The topological polar surface area (TPSA) is 57.8 Å². The van der Waals surface area contributed by atoms with Gasteiger partial charge in [-0.1, -0.05) is 18.7 Å². The summed E-state index contributed by atoms with van der Waals surface area (Å²) in [6, 6.07) is 0.185. The maximum atomic E-state index is 5.70. The standard InChI is InChI=1S/C15H25N5OS/c1-5-12-17-18-13(21-12)11(2)19-6-8-20(9-7-19)14-16-10-15(3,4)22-14/h11H,5-10H2,1-4H3/t11-/m1/s1. The molecule has 2 aliphatic heterocycles. The van der Waals surface area contributed by atoms with Crippen molar-refractivity contribution in [3.63, 3.8) is 0 Å². The van der Waals surface area contributed by atoms with Crippen LogP contribution in [0, 0.1) is 0 Å². The number of thioether (sulfide) groups is 1. The molecule has 0 saturated carbocycles. The first-order valence-electron chi connectivity index (χ1n) is 8.03. The van der Waals surface area contributed by atoms with E-state index < -0.39 is 0 Å². The predicted octanol–water partition coefficient (Wildman–Crippen LogP) is 2.19. The van der Waals surface area contributed by atoms with Crippen molar-refractivity contribution < 1.29 is 4.42 Å². The molecule has 1 aromatic rings. The van der Waals surface area contributed by atoms with Gasteiger partial charge in [0.2, 0.25) is 11.8 Å². The Labute approximate surface area is 136 Å². The van der Waals surface area contributed by atoms with Crippen molar-refractivity contribution in [1.82, 2.24) is 20.0 Å². The molecule has 0 aliphatic carbocycles. The third-order valence-corrected chi connectivity index (χ3v) is 5.49. The highest BCUT2D eigenvalue weighted by atomic mass is 32.2. The molecule has 0 radical (unpaired) electrons. The molecule has 0 aromatic carbocycles. The highest BCUT2D eigenvalue weighted by molar-refractivity contribution is 8.15. The molecule has 6 nitrogen and oxygen atoms in total. The number of piperazine rings is 1. The molecular weight excluding hydrogens is 298 g/mol. The Bertz CT molecular complexity index is 548. The quantitative estimate of drug-likeness (QED) is 0.850. The highest BCUT2D eigenvalue weighted by Gasteiger charge is 2.33. The molecule has 1 fully saturated rings. The molecule has 7 heteroatoms. The van der Waals surface area contributed by atoms with Gasteiger partial charge in [0.05, 0.1) is 12.6 Å². The maximum Gasteiger partial charge on any atom is 0.233 e. The van der Waals surface area contributed by atoms with Crippen LogP contribution in [0.25, 0.3) is 0 Å². The first-order valence-corrected chi connectivity index (χ1v) is 8.85. The number of amidine groups is 1. The number of aliphatic imine (C=N–C) groups is 1. The summed E-state index contributed by atoms with van der Waals surface area (Å²) in [6.07, 6.45) is 0.792. The molecule has 0 spiro atoms. The molecule has 0 amide bonds. The van der Waals surface area contributed by atoms with Crippen LogP contribution in [0.5, 0.6) is 0 Å². The van der Waals surface area contributed by atoms with Crippen molar-refractivity contribution in [1.29, 1.82) is 0 Å². The van der Waals surface area contributed by atoms with E-state index in [9.17, 15) is 0 Å². The van der Waals surface area contributed by atoms with Crippen LogP contribution in [0.2, 0.25) is 0 Å². The lowest BCUT2D eigenvalue weighted by molar-refractivity contribution is 0.125. The van der Waals surface area contributed by atoms with E-state index in [2.05, 4.69) is 40.8 Å². The minimum Gasteiger partial charge on any atom is -0.424 e. The molecule has 122 valence electrons. The van der Waals surface area contributed by atoms with E-state index in [1.807, 2.05) is 18.7 Å². The summed E-state index contributed by atoms with van der Waals surface area (Å²) in [5.74, 6) is 1.46. The van der Waals surface area contributed by atoms with Crippen molar-refractivity contribution in [2.24, 2.45) is 4.99 Å². The zero-order valence-corrected chi connectivity index (χ0v) is 14.7. The Kier molecular flexibility index (Phi) is 4.45. The molecule has 0 unspecified atom stereocenters. The molecule has 0 bridgehead atoms. The Morgan fingerprint density at radius 3 is 2.50 bits per heavy atom. The first kappa shape index (κ1) is 15.8. The fourth-order valence-corrected chi connectivity index (χ4v) is 3.83. The summed E-state index contributed by atoms with van der Waals surface area (Å²) in [5, 5.41) is 9.46. The third kappa shape index (κ3) is 3.30. The molecule has 2 aliphatic rings. The van der Waals surface area contributed by atoms with E-state index in [0.717, 1.165) is 50.9 Å². The minimum absolute atomic E-state index is 0.185. The minimum atomic E-state index is 0.185. The van der Waals surface area contributed by atoms with Gasteiger partial charge in [0.1, 0.15) is 0 Å². The lowest BCUT2D eigenvalue weighted by atomic mass is 10.2. The van der Waals surface area contributed by atoms with Crippen LogP contribution in [0.1, 0.15) is 45.5 Å². The summed E-state index contributed by atoms with van der Waals surface area (Å²) in [6.45, 7) is 13.7. The summed E-state index contributed by atoms with van der Waals surface area (Å²) < 4.78 is 5.95. The SMILES string of the molecule is CCc1nnc([C@@H](C)N2CCN(C3=NCC(C)(C)S3)CC2)o1. The van der Waals surface area contributed by atoms with Crippen molar-refractivity contribution in [2.75, 3.05) is 32.7 Å². The molecular formula is C15H25N5OS. The Morgan fingerprint density at radius 1 is 1.23 bits per heavy atom. The molecule has 22 heavy (non-hydrogen) atoms. The number of hydrogen-bond donors (Lipinski definition) is 0. The van der Waals surface area contributed by atoms with Gasteiger partial charge in [0, 0.05) is 37.3 Å². The number of rotatable bonds is 3. The van der Waals surface area contributed by atoms with Crippen LogP contribution in [0.3, 0.4) is 0 Å². The molecule has 1 aromatic heterocycles.